The van der Waals surface area contributed by atoms with Gasteiger partial charge in [-0.15, -0.1) is 11.8 Å². The molecule has 1 unspecified atom stereocenters. The maximum atomic E-state index is 11.8. The van der Waals surface area contributed by atoms with Crippen molar-refractivity contribution in [3.05, 3.63) is 18.2 Å². The van der Waals surface area contributed by atoms with Gasteiger partial charge in [0, 0.05) is 4.90 Å². The summed E-state index contributed by atoms with van der Waals surface area (Å²) in [6, 6.07) is 5.91. The fourth-order valence-corrected chi connectivity index (χ4v) is 2.81. The molecule has 0 aromatic heterocycles. The Bertz CT molecular complexity index is 406. The number of hydrogen-bond donors (Lipinski definition) is 1. The average molecular weight is 251 g/mol. The molecule has 1 heterocycles. The maximum Gasteiger partial charge on any atom is 0.237 e. The third-order valence-electron chi connectivity index (χ3n) is 2.63. The van der Waals surface area contributed by atoms with E-state index in [9.17, 15) is 4.79 Å². The van der Waals surface area contributed by atoms with Crippen molar-refractivity contribution in [2.45, 2.75) is 36.8 Å². The van der Waals surface area contributed by atoms with Gasteiger partial charge in [0.25, 0.3) is 0 Å². The lowest BCUT2D eigenvalue weighted by Crippen LogP contribution is -2.28. The normalized spacial score (nSPS) is 18.5. The second-order valence-corrected chi connectivity index (χ2v) is 5.23. The first kappa shape index (κ1) is 12.3. The molecular formula is C13H17NO2S. The summed E-state index contributed by atoms with van der Waals surface area (Å²) >= 11 is 1.62. The Kier molecular flexibility index (Phi) is 3.94. The molecule has 1 aromatic rings. The van der Waals surface area contributed by atoms with Gasteiger partial charge in [0.1, 0.15) is 5.75 Å². The van der Waals surface area contributed by atoms with Crippen LogP contribution in [0.25, 0.3) is 0 Å². The zero-order valence-corrected chi connectivity index (χ0v) is 11.0. The van der Waals surface area contributed by atoms with Gasteiger partial charge in [0.2, 0.25) is 5.91 Å². The summed E-state index contributed by atoms with van der Waals surface area (Å²) in [5.41, 5.74) is 0.834. The maximum absolute atomic E-state index is 11.8. The van der Waals surface area contributed by atoms with Crippen LogP contribution in [0.3, 0.4) is 0 Å². The van der Waals surface area contributed by atoms with E-state index in [4.69, 9.17) is 4.74 Å². The summed E-state index contributed by atoms with van der Waals surface area (Å²) < 4.78 is 5.64. The van der Waals surface area contributed by atoms with E-state index < -0.39 is 0 Å². The quantitative estimate of drug-likeness (QED) is 0.892. The Labute approximate surface area is 106 Å². The van der Waals surface area contributed by atoms with E-state index in [2.05, 4.69) is 12.2 Å². The van der Waals surface area contributed by atoms with Crippen molar-refractivity contribution >= 4 is 23.4 Å². The van der Waals surface area contributed by atoms with Crippen molar-refractivity contribution < 1.29 is 9.53 Å². The van der Waals surface area contributed by atoms with E-state index in [1.807, 2.05) is 25.1 Å². The number of para-hydroxylation sites is 1. The third-order valence-corrected chi connectivity index (χ3v) is 4.06. The Hall–Kier alpha value is -1.16. The predicted octanol–water partition coefficient (Wildman–Crippen LogP) is 3.30. The van der Waals surface area contributed by atoms with E-state index >= 15 is 0 Å². The Morgan fingerprint density at radius 1 is 1.41 bits per heavy atom. The van der Waals surface area contributed by atoms with Crippen LogP contribution < -0.4 is 10.1 Å². The number of ether oxygens (including phenoxy) is 1. The number of carbonyl (C=O) groups excluding carboxylic acids is 1. The number of nitrogens with one attached hydrogen (secondary N) is 1. The van der Waals surface area contributed by atoms with E-state index in [0.717, 1.165) is 29.2 Å². The summed E-state index contributed by atoms with van der Waals surface area (Å²) in [5, 5.41) is 2.97. The standard InChI is InChI=1S/C13H17NO2S/c1-3-8-16-9-6-5-7-11-12(9)14-13(15)10(4-2)17-11/h5-7,10H,3-4,8H2,1-2H3,(H,14,15). The zero-order valence-electron chi connectivity index (χ0n) is 10.2. The first-order chi connectivity index (χ1) is 8.26. The molecule has 1 aliphatic rings. The topological polar surface area (TPSA) is 38.3 Å². The van der Waals surface area contributed by atoms with Gasteiger partial charge in [-0.2, -0.15) is 0 Å². The van der Waals surface area contributed by atoms with Crippen molar-refractivity contribution in [2.75, 3.05) is 11.9 Å². The summed E-state index contributed by atoms with van der Waals surface area (Å²) in [6.45, 7) is 4.77. The fourth-order valence-electron chi connectivity index (χ4n) is 1.74. The predicted molar refractivity (Wildman–Crippen MR) is 70.8 cm³/mol. The van der Waals surface area contributed by atoms with Gasteiger partial charge in [-0.3, -0.25) is 4.79 Å². The van der Waals surface area contributed by atoms with Crippen LogP contribution in [0.5, 0.6) is 5.75 Å². The van der Waals surface area contributed by atoms with Crippen LogP contribution >= 0.6 is 11.8 Å². The summed E-state index contributed by atoms with van der Waals surface area (Å²) in [4.78, 5) is 12.9. The van der Waals surface area contributed by atoms with E-state index in [1.165, 1.54) is 0 Å². The monoisotopic (exact) mass is 251 g/mol. The van der Waals surface area contributed by atoms with Crippen LogP contribution in [0, 0.1) is 0 Å². The molecule has 1 amide bonds. The number of carbonyl (C=O) groups is 1. The molecule has 1 atom stereocenters. The van der Waals surface area contributed by atoms with Gasteiger partial charge in [-0.05, 0) is 25.0 Å². The van der Waals surface area contributed by atoms with Crippen molar-refractivity contribution in [1.82, 2.24) is 0 Å². The molecule has 1 aromatic carbocycles. The second kappa shape index (κ2) is 5.45. The molecule has 92 valence electrons. The Morgan fingerprint density at radius 2 is 2.24 bits per heavy atom. The third kappa shape index (κ3) is 2.57. The Morgan fingerprint density at radius 3 is 2.94 bits per heavy atom. The van der Waals surface area contributed by atoms with Gasteiger partial charge in [0.05, 0.1) is 17.5 Å². The van der Waals surface area contributed by atoms with Gasteiger partial charge in [0.15, 0.2) is 0 Å². The zero-order chi connectivity index (χ0) is 12.3. The molecule has 0 saturated carbocycles. The lowest BCUT2D eigenvalue weighted by atomic mass is 10.2. The van der Waals surface area contributed by atoms with Crippen LogP contribution in [0.2, 0.25) is 0 Å². The number of fused-ring (bicyclic) bond motifs is 1. The number of thioether (sulfide) groups is 1. The number of hydrogen-bond acceptors (Lipinski definition) is 3. The molecule has 1 N–H and O–H groups in total. The molecule has 0 bridgehead atoms. The van der Waals surface area contributed by atoms with Crippen LogP contribution in [-0.2, 0) is 4.79 Å². The molecule has 3 nitrogen and oxygen atoms in total. The highest BCUT2D eigenvalue weighted by molar-refractivity contribution is 8.01. The molecule has 0 aliphatic carbocycles. The number of benzene rings is 1. The molecule has 0 fully saturated rings. The lowest BCUT2D eigenvalue weighted by molar-refractivity contribution is -0.115. The van der Waals surface area contributed by atoms with Crippen LogP contribution in [0.1, 0.15) is 26.7 Å². The largest absolute Gasteiger partial charge is 0.491 e. The Balaban J connectivity index is 2.26. The first-order valence-electron chi connectivity index (χ1n) is 5.99. The molecule has 0 radical (unpaired) electrons. The molecule has 1 aliphatic heterocycles. The molecule has 0 spiro atoms. The fraction of sp³-hybridized carbons (Fsp3) is 0.462. The summed E-state index contributed by atoms with van der Waals surface area (Å²) in [5.74, 6) is 0.859. The van der Waals surface area contributed by atoms with Gasteiger partial charge >= 0.3 is 0 Å². The minimum absolute atomic E-state index is 0.0175. The summed E-state index contributed by atoms with van der Waals surface area (Å²) in [7, 11) is 0. The van der Waals surface area contributed by atoms with E-state index in [-0.39, 0.29) is 11.2 Å². The molecule has 17 heavy (non-hydrogen) atoms. The number of amides is 1. The molecule has 0 saturated heterocycles. The van der Waals surface area contributed by atoms with Gasteiger partial charge in [-0.1, -0.05) is 19.9 Å². The van der Waals surface area contributed by atoms with Crippen molar-refractivity contribution in [3.63, 3.8) is 0 Å². The van der Waals surface area contributed by atoms with Crippen LogP contribution in [0.4, 0.5) is 5.69 Å². The summed E-state index contributed by atoms with van der Waals surface area (Å²) in [6.07, 6.45) is 1.80. The molecule has 2 rings (SSSR count). The van der Waals surface area contributed by atoms with Crippen molar-refractivity contribution in [2.24, 2.45) is 0 Å². The van der Waals surface area contributed by atoms with Crippen LogP contribution in [-0.4, -0.2) is 17.8 Å². The first-order valence-corrected chi connectivity index (χ1v) is 6.87. The lowest BCUT2D eigenvalue weighted by Gasteiger charge is -2.24. The molecular weight excluding hydrogens is 234 g/mol. The number of rotatable bonds is 4. The number of anilines is 1. The van der Waals surface area contributed by atoms with E-state index in [0.29, 0.717) is 6.61 Å². The van der Waals surface area contributed by atoms with Crippen LogP contribution in [0.15, 0.2) is 23.1 Å². The highest BCUT2D eigenvalue weighted by Gasteiger charge is 2.27. The van der Waals surface area contributed by atoms with Gasteiger partial charge in [-0.25, -0.2) is 0 Å². The smallest absolute Gasteiger partial charge is 0.237 e. The van der Waals surface area contributed by atoms with E-state index in [1.54, 1.807) is 11.8 Å². The minimum atomic E-state index is 0.0175. The van der Waals surface area contributed by atoms with Crippen molar-refractivity contribution in [1.29, 1.82) is 0 Å². The van der Waals surface area contributed by atoms with Gasteiger partial charge < -0.3 is 10.1 Å². The van der Waals surface area contributed by atoms with Crippen molar-refractivity contribution in [3.8, 4) is 5.75 Å². The highest BCUT2D eigenvalue weighted by Crippen LogP contribution is 2.41. The minimum Gasteiger partial charge on any atom is -0.491 e. The SMILES string of the molecule is CCCOc1cccc2c1NC(=O)C(CC)S2. The second-order valence-electron chi connectivity index (χ2n) is 3.98. The average Bonchev–Trinajstić information content (AvgIpc) is 2.35. The highest BCUT2D eigenvalue weighted by atomic mass is 32.2. The molecule has 4 heteroatoms.